The number of aliphatic imine (C=N–C) groups is 1. The van der Waals surface area contributed by atoms with Crippen molar-refractivity contribution in [1.82, 2.24) is 0 Å². The van der Waals surface area contributed by atoms with Crippen LogP contribution in [0.1, 0.15) is 130 Å². The molecule has 3 heteroatoms. The zero-order chi connectivity index (χ0) is 21.9. The number of hydrogen-bond donors (Lipinski definition) is 1. The van der Waals surface area contributed by atoms with Gasteiger partial charge in [0.05, 0.1) is 19.5 Å². The third kappa shape index (κ3) is 11.1. The minimum atomic E-state index is -0.347. The Morgan fingerprint density at radius 1 is 0.800 bits per heavy atom. The summed E-state index contributed by atoms with van der Waals surface area (Å²) in [5.41, 5.74) is 0. The number of aliphatic hydroxyl groups is 1. The predicted octanol–water partition coefficient (Wildman–Crippen LogP) is 7.78. The number of hydrogen-bond acceptors (Lipinski definition) is 2. The Kier molecular flexibility index (Phi) is 16.4. The van der Waals surface area contributed by atoms with Crippen molar-refractivity contribution < 1.29 is 9.59 Å². The SMILES string of the molecule is CCCCCCCCCCCCCCCCC/C=C/CC1=NCC[N+]1(CC)C(C)O. The van der Waals surface area contributed by atoms with Gasteiger partial charge < -0.3 is 5.11 Å². The topological polar surface area (TPSA) is 32.6 Å². The van der Waals surface area contributed by atoms with E-state index in [1.807, 2.05) is 6.92 Å². The lowest BCUT2D eigenvalue weighted by molar-refractivity contribution is -0.882. The number of amidine groups is 1. The second kappa shape index (κ2) is 18.0. The van der Waals surface area contributed by atoms with E-state index in [-0.39, 0.29) is 6.23 Å². The highest BCUT2D eigenvalue weighted by molar-refractivity contribution is 5.78. The van der Waals surface area contributed by atoms with Gasteiger partial charge in [-0.1, -0.05) is 109 Å². The van der Waals surface area contributed by atoms with Gasteiger partial charge in [-0.3, -0.25) is 4.48 Å². The highest BCUT2D eigenvalue weighted by atomic mass is 16.3. The van der Waals surface area contributed by atoms with Crippen molar-refractivity contribution in [2.24, 2.45) is 4.99 Å². The number of rotatable bonds is 20. The van der Waals surface area contributed by atoms with Gasteiger partial charge in [-0.15, -0.1) is 0 Å². The molecular weight excluding hydrogens is 368 g/mol. The summed E-state index contributed by atoms with van der Waals surface area (Å²) >= 11 is 0. The Morgan fingerprint density at radius 3 is 1.77 bits per heavy atom. The Morgan fingerprint density at radius 2 is 1.30 bits per heavy atom. The van der Waals surface area contributed by atoms with Crippen LogP contribution in [-0.4, -0.2) is 41.3 Å². The molecule has 2 atom stereocenters. The normalized spacial score (nSPS) is 20.2. The second-order valence-corrected chi connectivity index (χ2v) is 9.42. The number of aliphatic hydroxyl groups excluding tert-OH is 1. The lowest BCUT2D eigenvalue weighted by Crippen LogP contribution is -2.56. The Balaban J connectivity index is 1.89. The molecule has 0 bridgehead atoms. The van der Waals surface area contributed by atoms with Crippen LogP contribution < -0.4 is 0 Å². The van der Waals surface area contributed by atoms with Crippen LogP contribution in [0.2, 0.25) is 0 Å². The molecule has 0 saturated heterocycles. The van der Waals surface area contributed by atoms with Crippen molar-refractivity contribution in [2.75, 3.05) is 19.6 Å². The molecule has 1 heterocycles. The van der Waals surface area contributed by atoms with Crippen molar-refractivity contribution in [3.05, 3.63) is 12.2 Å². The van der Waals surface area contributed by atoms with E-state index in [9.17, 15) is 5.11 Å². The molecule has 0 aromatic rings. The van der Waals surface area contributed by atoms with E-state index >= 15 is 0 Å². The van der Waals surface area contributed by atoms with Crippen LogP contribution in [0.25, 0.3) is 0 Å². The molecule has 0 spiro atoms. The van der Waals surface area contributed by atoms with E-state index in [1.165, 1.54) is 109 Å². The van der Waals surface area contributed by atoms with Gasteiger partial charge in [0.2, 0.25) is 5.84 Å². The smallest absolute Gasteiger partial charge is 0.204 e. The summed E-state index contributed by atoms with van der Waals surface area (Å²) < 4.78 is 0.670. The van der Waals surface area contributed by atoms with Crippen LogP contribution in [0.3, 0.4) is 0 Å². The minimum Gasteiger partial charge on any atom is -0.345 e. The van der Waals surface area contributed by atoms with Gasteiger partial charge in [0.15, 0.2) is 6.23 Å². The number of allylic oxidation sites excluding steroid dienone is 1. The Bertz CT molecular complexity index is 458. The third-order valence-corrected chi connectivity index (χ3v) is 7.03. The summed E-state index contributed by atoms with van der Waals surface area (Å²) in [7, 11) is 0. The molecule has 0 radical (unpaired) electrons. The van der Waals surface area contributed by atoms with E-state index in [2.05, 4.69) is 31.0 Å². The van der Waals surface area contributed by atoms with Crippen LogP contribution in [-0.2, 0) is 0 Å². The zero-order valence-corrected chi connectivity index (χ0v) is 20.7. The zero-order valence-electron chi connectivity index (χ0n) is 20.7. The van der Waals surface area contributed by atoms with Gasteiger partial charge >= 0.3 is 0 Å². The van der Waals surface area contributed by atoms with Crippen LogP contribution >= 0.6 is 0 Å². The van der Waals surface area contributed by atoms with E-state index in [1.54, 1.807) is 0 Å². The molecule has 0 aromatic heterocycles. The average Bonchev–Trinajstić information content (AvgIpc) is 3.17. The first-order valence-electron chi connectivity index (χ1n) is 13.4. The van der Waals surface area contributed by atoms with Crippen molar-refractivity contribution in [2.45, 2.75) is 136 Å². The van der Waals surface area contributed by atoms with E-state index < -0.39 is 0 Å². The Hall–Kier alpha value is -0.670. The quantitative estimate of drug-likeness (QED) is 0.121. The number of nitrogens with zero attached hydrogens (tertiary/aromatic N) is 2. The molecule has 30 heavy (non-hydrogen) atoms. The fraction of sp³-hybridized carbons (Fsp3) is 0.889. The average molecular weight is 422 g/mol. The Labute approximate surface area is 188 Å². The number of quaternary nitrogens is 1. The molecular formula is C27H53N2O+. The molecule has 1 N–H and O–H groups in total. The van der Waals surface area contributed by atoms with Crippen molar-refractivity contribution in [3.63, 3.8) is 0 Å². The molecule has 2 unspecified atom stereocenters. The summed E-state index contributed by atoms with van der Waals surface area (Å²) in [5.74, 6) is 1.17. The van der Waals surface area contributed by atoms with Gasteiger partial charge in [0.1, 0.15) is 6.54 Å². The van der Waals surface area contributed by atoms with Crippen molar-refractivity contribution >= 4 is 5.84 Å². The third-order valence-electron chi connectivity index (χ3n) is 7.03. The summed E-state index contributed by atoms with van der Waals surface area (Å²) in [4.78, 5) is 4.67. The highest BCUT2D eigenvalue weighted by Crippen LogP contribution is 2.21. The van der Waals surface area contributed by atoms with Gasteiger partial charge in [-0.2, -0.15) is 0 Å². The van der Waals surface area contributed by atoms with Crippen LogP contribution in [0.4, 0.5) is 0 Å². The molecule has 0 aliphatic carbocycles. The first-order valence-corrected chi connectivity index (χ1v) is 13.4. The largest absolute Gasteiger partial charge is 0.345 e. The van der Waals surface area contributed by atoms with Gasteiger partial charge in [-0.25, -0.2) is 4.99 Å². The molecule has 1 aliphatic heterocycles. The van der Waals surface area contributed by atoms with Gasteiger partial charge in [-0.05, 0) is 19.8 Å². The lowest BCUT2D eigenvalue weighted by atomic mass is 10.0. The highest BCUT2D eigenvalue weighted by Gasteiger charge is 2.39. The fourth-order valence-corrected chi connectivity index (χ4v) is 4.82. The van der Waals surface area contributed by atoms with Gasteiger partial charge in [0.25, 0.3) is 0 Å². The van der Waals surface area contributed by atoms with Crippen molar-refractivity contribution in [1.29, 1.82) is 0 Å². The maximum absolute atomic E-state index is 10.2. The minimum absolute atomic E-state index is 0.347. The van der Waals surface area contributed by atoms with Crippen LogP contribution in [0, 0.1) is 0 Å². The molecule has 176 valence electrons. The van der Waals surface area contributed by atoms with Gasteiger partial charge in [0, 0.05) is 6.92 Å². The molecule has 0 amide bonds. The first kappa shape index (κ1) is 27.4. The first-order chi connectivity index (χ1) is 14.7. The molecule has 1 rings (SSSR count). The van der Waals surface area contributed by atoms with Crippen LogP contribution in [0.15, 0.2) is 17.1 Å². The molecule has 0 aromatic carbocycles. The molecule has 0 fully saturated rings. The second-order valence-electron chi connectivity index (χ2n) is 9.42. The predicted molar refractivity (Wildman–Crippen MR) is 133 cm³/mol. The number of unbranched alkanes of at least 4 members (excludes halogenated alkanes) is 15. The summed E-state index contributed by atoms with van der Waals surface area (Å²) in [6, 6.07) is 0. The summed E-state index contributed by atoms with van der Waals surface area (Å²) in [6.07, 6.45) is 27.7. The number of likely N-dealkylation sites (N-methyl/N-ethyl adjacent to an activating group) is 1. The van der Waals surface area contributed by atoms with E-state index in [0.29, 0.717) is 4.48 Å². The van der Waals surface area contributed by atoms with Crippen LogP contribution in [0.5, 0.6) is 0 Å². The summed E-state index contributed by atoms with van der Waals surface area (Å²) in [6.45, 7) is 9.11. The monoisotopic (exact) mass is 421 g/mol. The van der Waals surface area contributed by atoms with Crippen molar-refractivity contribution in [3.8, 4) is 0 Å². The molecule has 0 saturated carbocycles. The standard InChI is InChI=1S/C27H53N2O/c1-4-6-7-8-9-10-11-12-13-14-15-16-17-18-19-20-21-22-23-27-28-24-25-29(27,5-2)26(3)30/h21-22,26,30H,4-20,23-25H2,1-3H3/q+1/b22-21+. The maximum Gasteiger partial charge on any atom is 0.204 e. The lowest BCUT2D eigenvalue weighted by Gasteiger charge is -2.35. The van der Waals surface area contributed by atoms with E-state index in [4.69, 9.17) is 0 Å². The van der Waals surface area contributed by atoms with E-state index in [0.717, 1.165) is 26.1 Å². The fourth-order valence-electron chi connectivity index (χ4n) is 4.82. The maximum atomic E-state index is 10.2. The summed E-state index contributed by atoms with van der Waals surface area (Å²) in [5, 5.41) is 10.2. The molecule has 3 nitrogen and oxygen atoms in total. The molecule has 1 aliphatic rings.